The number of rotatable bonds is 7. The third kappa shape index (κ3) is 5.79. The predicted molar refractivity (Wildman–Crippen MR) is 143 cm³/mol. The number of amides is 3. The van der Waals surface area contributed by atoms with Gasteiger partial charge in [0.25, 0.3) is 11.8 Å². The fraction of sp³-hybridized carbons (Fsp3) is 0.321. The van der Waals surface area contributed by atoms with Crippen molar-refractivity contribution in [3.63, 3.8) is 0 Å². The van der Waals surface area contributed by atoms with Crippen LogP contribution < -0.4 is 15.1 Å². The summed E-state index contributed by atoms with van der Waals surface area (Å²) in [5, 5.41) is 2.73. The molecule has 12 heteroatoms. The van der Waals surface area contributed by atoms with Gasteiger partial charge in [-0.2, -0.15) is 0 Å². The van der Waals surface area contributed by atoms with Gasteiger partial charge >= 0.3 is 0 Å². The van der Waals surface area contributed by atoms with Crippen molar-refractivity contribution in [1.82, 2.24) is 15.3 Å². The number of hydrogen-bond acceptors (Lipinski definition) is 5. The van der Waals surface area contributed by atoms with E-state index in [1.807, 2.05) is 0 Å². The van der Waals surface area contributed by atoms with Gasteiger partial charge in [0.1, 0.15) is 30.0 Å². The summed E-state index contributed by atoms with van der Waals surface area (Å²) in [6.45, 7) is 0. The standard InChI is InChI=1S/C27H23ClF3N5O3.CH4/c28-20-7-2-1-6-19(20)24(25(38)34-17-13-27(30,31)14-17)35(18-5-3-4-16(29)12-18)26(39)21-8-9-23(37)36(21)22-10-11-32-15-33-22;/h1-7,10-12,15,17,21,24H,8-9,13-14H2,(H,34,38);1H4/t21-,24-;/m0./s1. The highest BCUT2D eigenvalue weighted by Crippen LogP contribution is 2.39. The number of hydrogen-bond donors (Lipinski definition) is 1. The van der Waals surface area contributed by atoms with Crippen LogP contribution in [0.15, 0.2) is 67.1 Å². The fourth-order valence-corrected chi connectivity index (χ4v) is 5.20. The number of aromatic nitrogens is 2. The lowest BCUT2D eigenvalue weighted by Crippen LogP contribution is -2.56. The van der Waals surface area contributed by atoms with E-state index < -0.39 is 54.5 Å². The number of halogens is 4. The van der Waals surface area contributed by atoms with Gasteiger partial charge < -0.3 is 5.32 Å². The van der Waals surface area contributed by atoms with Crippen molar-refractivity contribution >= 4 is 40.8 Å². The molecule has 2 aromatic carbocycles. The second-order valence-corrected chi connectivity index (χ2v) is 9.87. The molecule has 0 spiro atoms. The fourth-order valence-electron chi connectivity index (χ4n) is 4.96. The summed E-state index contributed by atoms with van der Waals surface area (Å²) in [6.07, 6.45) is 1.73. The SMILES string of the molecule is C.O=C(NC1CC(F)(F)C1)[C@H](c1ccccc1Cl)N(C(=O)[C@@H]1CCC(=O)N1c1ccncn1)c1cccc(F)c1. The molecule has 2 aliphatic rings. The molecule has 0 bridgehead atoms. The molecular weight excluding hydrogens is 547 g/mol. The molecule has 8 nitrogen and oxygen atoms in total. The van der Waals surface area contributed by atoms with Crippen LogP contribution in [0.4, 0.5) is 24.7 Å². The van der Waals surface area contributed by atoms with Crippen LogP contribution in [0.2, 0.25) is 5.02 Å². The summed E-state index contributed by atoms with van der Waals surface area (Å²) in [4.78, 5) is 51.2. The van der Waals surface area contributed by atoms with Crippen molar-refractivity contribution in [1.29, 1.82) is 0 Å². The summed E-state index contributed by atoms with van der Waals surface area (Å²) in [5.74, 6) is -5.18. The highest BCUT2D eigenvalue weighted by Gasteiger charge is 2.48. The quantitative estimate of drug-likeness (QED) is 0.425. The number of anilines is 2. The van der Waals surface area contributed by atoms with Gasteiger partial charge in [-0.05, 0) is 36.8 Å². The first kappa shape index (κ1) is 29.0. The Bertz CT molecular complexity index is 1400. The lowest BCUT2D eigenvalue weighted by molar-refractivity contribution is -0.133. The molecule has 0 radical (unpaired) electrons. The van der Waals surface area contributed by atoms with E-state index in [0.29, 0.717) is 0 Å². The van der Waals surface area contributed by atoms with E-state index in [-0.39, 0.29) is 48.3 Å². The summed E-state index contributed by atoms with van der Waals surface area (Å²) < 4.78 is 41.5. The molecule has 2 atom stereocenters. The van der Waals surface area contributed by atoms with Gasteiger partial charge in [-0.25, -0.2) is 23.1 Å². The van der Waals surface area contributed by atoms with Gasteiger partial charge in [-0.3, -0.25) is 24.2 Å². The van der Waals surface area contributed by atoms with Crippen LogP contribution in [0.3, 0.4) is 0 Å². The third-order valence-electron chi connectivity index (χ3n) is 6.78. The first-order valence-corrected chi connectivity index (χ1v) is 12.6. The Balaban J connectivity index is 0.00000370. The van der Waals surface area contributed by atoms with Crippen molar-refractivity contribution in [3.8, 4) is 0 Å². The molecule has 5 rings (SSSR count). The van der Waals surface area contributed by atoms with Gasteiger partial charge in [-0.1, -0.05) is 43.3 Å². The smallest absolute Gasteiger partial charge is 0.252 e. The first-order valence-electron chi connectivity index (χ1n) is 12.2. The Hall–Kier alpha value is -3.99. The Kier molecular flexibility index (Phi) is 8.43. The van der Waals surface area contributed by atoms with E-state index in [0.717, 1.165) is 11.0 Å². The van der Waals surface area contributed by atoms with Crippen LogP contribution >= 0.6 is 11.6 Å². The topological polar surface area (TPSA) is 95.5 Å². The van der Waals surface area contributed by atoms with E-state index in [9.17, 15) is 27.6 Å². The van der Waals surface area contributed by atoms with E-state index in [1.165, 1.54) is 53.8 Å². The number of nitrogens with zero attached hydrogens (tertiary/aromatic N) is 4. The molecular formula is C28H27ClF3N5O3. The van der Waals surface area contributed by atoms with Crippen LogP contribution in [-0.4, -0.2) is 45.7 Å². The molecule has 1 aromatic heterocycles. The maximum atomic E-state index is 14.4. The molecule has 210 valence electrons. The minimum atomic E-state index is -2.89. The number of carbonyl (C=O) groups excluding carboxylic acids is 3. The number of carbonyl (C=O) groups is 3. The van der Waals surface area contributed by atoms with Crippen LogP contribution in [0.25, 0.3) is 0 Å². The lowest BCUT2D eigenvalue weighted by atomic mass is 9.87. The van der Waals surface area contributed by atoms with Gasteiger partial charge in [0.2, 0.25) is 11.8 Å². The summed E-state index contributed by atoms with van der Waals surface area (Å²) in [7, 11) is 0. The van der Waals surface area contributed by atoms with Gasteiger partial charge in [0.05, 0.1) is 0 Å². The monoisotopic (exact) mass is 573 g/mol. The summed E-state index contributed by atoms with van der Waals surface area (Å²) in [6, 6.07) is 9.51. The summed E-state index contributed by atoms with van der Waals surface area (Å²) >= 11 is 6.47. The highest BCUT2D eigenvalue weighted by atomic mass is 35.5. The van der Waals surface area contributed by atoms with Crippen molar-refractivity contribution in [3.05, 3.63) is 83.5 Å². The van der Waals surface area contributed by atoms with E-state index in [4.69, 9.17) is 11.6 Å². The zero-order valence-corrected chi connectivity index (χ0v) is 21.2. The molecule has 2 heterocycles. The second-order valence-electron chi connectivity index (χ2n) is 9.47. The summed E-state index contributed by atoms with van der Waals surface area (Å²) in [5.41, 5.74) is 0.235. The van der Waals surface area contributed by atoms with Crippen LogP contribution in [0, 0.1) is 5.82 Å². The maximum absolute atomic E-state index is 14.4. The molecule has 1 saturated heterocycles. The maximum Gasteiger partial charge on any atom is 0.252 e. The molecule has 40 heavy (non-hydrogen) atoms. The van der Waals surface area contributed by atoms with Crippen LogP contribution in [-0.2, 0) is 14.4 Å². The molecule has 1 aliphatic heterocycles. The Morgan fingerprint density at radius 2 is 1.88 bits per heavy atom. The largest absolute Gasteiger partial charge is 0.351 e. The van der Waals surface area contributed by atoms with Crippen LogP contribution in [0.1, 0.15) is 44.7 Å². The third-order valence-corrected chi connectivity index (χ3v) is 7.12. The van der Waals surface area contributed by atoms with Crippen molar-refractivity contribution in [2.24, 2.45) is 0 Å². The van der Waals surface area contributed by atoms with Crippen LogP contribution in [0.5, 0.6) is 0 Å². The molecule has 0 unspecified atom stereocenters. The highest BCUT2D eigenvalue weighted by molar-refractivity contribution is 6.31. The lowest BCUT2D eigenvalue weighted by Gasteiger charge is -2.39. The average molecular weight is 574 g/mol. The Morgan fingerprint density at radius 1 is 1.12 bits per heavy atom. The molecule has 1 aliphatic carbocycles. The Labute approximate surface area is 234 Å². The van der Waals surface area contributed by atoms with Gasteiger partial charge in [0.15, 0.2) is 0 Å². The molecule has 3 aromatic rings. The van der Waals surface area contributed by atoms with E-state index in [1.54, 1.807) is 12.1 Å². The second kappa shape index (κ2) is 11.6. The van der Waals surface area contributed by atoms with Gasteiger partial charge in [-0.15, -0.1) is 0 Å². The molecule has 1 N–H and O–H groups in total. The van der Waals surface area contributed by atoms with E-state index in [2.05, 4.69) is 15.3 Å². The van der Waals surface area contributed by atoms with Crippen molar-refractivity contribution in [2.45, 2.75) is 57.2 Å². The molecule has 1 saturated carbocycles. The molecule has 2 fully saturated rings. The first-order chi connectivity index (χ1) is 18.6. The normalized spacial score (nSPS) is 18.9. The van der Waals surface area contributed by atoms with Crippen molar-refractivity contribution < 1.29 is 27.6 Å². The minimum absolute atomic E-state index is 0. The zero-order valence-electron chi connectivity index (χ0n) is 20.4. The average Bonchev–Trinajstić information content (AvgIpc) is 3.28. The molecule has 3 amide bonds. The minimum Gasteiger partial charge on any atom is -0.351 e. The predicted octanol–water partition coefficient (Wildman–Crippen LogP) is 5.09. The van der Waals surface area contributed by atoms with Gasteiger partial charge in [0, 0.05) is 47.8 Å². The Morgan fingerprint density at radius 3 is 2.52 bits per heavy atom. The number of alkyl halides is 2. The van der Waals surface area contributed by atoms with Crippen molar-refractivity contribution in [2.75, 3.05) is 9.80 Å². The van der Waals surface area contributed by atoms with E-state index >= 15 is 0 Å². The number of benzene rings is 2. The number of nitrogens with one attached hydrogen (secondary N) is 1. The zero-order chi connectivity index (χ0) is 27.7.